The average Bonchev–Trinajstić information content (AvgIpc) is 3.02. The highest BCUT2D eigenvalue weighted by molar-refractivity contribution is 6.31. The van der Waals surface area contributed by atoms with E-state index >= 15 is 0 Å². The molecule has 138 valence electrons. The van der Waals surface area contributed by atoms with Crippen molar-refractivity contribution in [1.29, 1.82) is 0 Å². The Bertz CT molecular complexity index is 1010. The second-order valence-electron chi connectivity index (χ2n) is 7.54. The van der Waals surface area contributed by atoms with Crippen LogP contribution in [-0.2, 0) is 5.60 Å². The van der Waals surface area contributed by atoms with E-state index in [9.17, 15) is 9.90 Å². The third-order valence-electron chi connectivity index (χ3n) is 5.83. The number of anilines is 1. The lowest BCUT2D eigenvalue weighted by Gasteiger charge is -2.27. The minimum absolute atomic E-state index is 0.105. The van der Waals surface area contributed by atoms with Gasteiger partial charge in [-0.15, -0.1) is 0 Å². The molecular weight excluding hydrogens is 364 g/mol. The Morgan fingerprint density at radius 3 is 2.70 bits per heavy atom. The Morgan fingerprint density at radius 2 is 1.96 bits per heavy atom. The first kappa shape index (κ1) is 16.6. The maximum Gasteiger partial charge on any atom is 0.319 e. The van der Waals surface area contributed by atoms with Crippen LogP contribution in [0.5, 0.6) is 0 Å². The fraction of sp³-hybridized carbons (Fsp3) is 0.300. The summed E-state index contributed by atoms with van der Waals surface area (Å²) in [4.78, 5) is 12.2. The number of rotatable bonds is 3. The van der Waals surface area contributed by atoms with E-state index in [-0.39, 0.29) is 23.9 Å². The fourth-order valence-electron chi connectivity index (χ4n) is 4.54. The summed E-state index contributed by atoms with van der Waals surface area (Å²) in [6.45, 7) is 0. The maximum atomic E-state index is 12.2. The first-order chi connectivity index (χ1) is 13.0. The Hall–Kier alpha value is -2.57. The van der Waals surface area contributed by atoms with Gasteiger partial charge in [0, 0.05) is 22.1 Å². The monoisotopic (exact) mass is 382 g/mol. The van der Waals surface area contributed by atoms with Crippen LogP contribution >= 0.6 is 11.6 Å². The molecular formula is C20H19ClN4O2. The normalized spacial score (nSPS) is 28.7. The number of hydrogen-bond acceptors (Lipinski definition) is 3. The van der Waals surface area contributed by atoms with Crippen LogP contribution < -0.4 is 10.6 Å². The summed E-state index contributed by atoms with van der Waals surface area (Å²) in [5, 5.41) is 25.6. The number of H-pyrrole nitrogens is 1. The molecule has 1 aromatic heterocycles. The highest BCUT2D eigenvalue weighted by atomic mass is 35.5. The molecule has 1 heterocycles. The Morgan fingerprint density at radius 1 is 1.22 bits per heavy atom. The van der Waals surface area contributed by atoms with E-state index in [1.54, 1.807) is 6.20 Å². The number of urea groups is 1. The largest absolute Gasteiger partial charge is 0.385 e. The standard InChI is InChI=1S/C20H19ClN4O2/c21-11-6-16(15-10-22-25-17(15)7-11)20(27)8-13-14(9-20)18(13)24-19(26)23-12-4-2-1-3-5-12/h1-7,10,13-14,18,27H,8-9H2,(H,22,25)(H2,23,24,26)/t13-,14+,18?,20?. The number of para-hydroxylation sites is 1. The maximum absolute atomic E-state index is 12.2. The van der Waals surface area contributed by atoms with Gasteiger partial charge in [0.1, 0.15) is 0 Å². The van der Waals surface area contributed by atoms with E-state index in [1.807, 2.05) is 42.5 Å². The van der Waals surface area contributed by atoms with Crippen LogP contribution in [0.25, 0.3) is 10.9 Å². The quantitative estimate of drug-likeness (QED) is 0.557. The van der Waals surface area contributed by atoms with Gasteiger partial charge in [-0.25, -0.2) is 4.79 Å². The van der Waals surface area contributed by atoms with Crippen molar-refractivity contribution in [2.45, 2.75) is 24.5 Å². The molecule has 2 amide bonds. The summed E-state index contributed by atoms with van der Waals surface area (Å²) >= 11 is 6.22. The number of nitrogens with one attached hydrogen (secondary N) is 3. The molecule has 2 aromatic carbocycles. The van der Waals surface area contributed by atoms with Crippen LogP contribution in [0.2, 0.25) is 5.02 Å². The average molecular weight is 383 g/mol. The van der Waals surface area contributed by atoms with E-state index < -0.39 is 5.60 Å². The molecule has 2 saturated carbocycles. The van der Waals surface area contributed by atoms with Gasteiger partial charge in [-0.3, -0.25) is 5.10 Å². The van der Waals surface area contributed by atoms with Crippen molar-refractivity contribution in [3.8, 4) is 0 Å². The molecule has 7 heteroatoms. The zero-order chi connectivity index (χ0) is 18.6. The molecule has 0 bridgehead atoms. The number of aromatic amines is 1. The highest BCUT2D eigenvalue weighted by Gasteiger charge is 2.62. The minimum Gasteiger partial charge on any atom is -0.385 e. The predicted molar refractivity (Wildman–Crippen MR) is 104 cm³/mol. The SMILES string of the molecule is O=C(Nc1ccccc1)NC1[C@H]2CC(O)(c3cc(Cl)cc4[nH]ncc34)C[C@@H]12. The van der Waals surface area contributed by atoms with Crippen molar-refractivity contribution in [3.63, 3.8) is 0 Å². The van der Waals surface area contributed by atoms with Crippen LogP contribution in [0.15, 0.2) is 48.7 Å². The van der Waals surface area contributed by atoms with Gasteiger partial charge in [0.2, 0.25) is 0 Å². The minimum atomic E-state index is -0.934. The number of carbonyl (C=O) groups excluding carboxylic acids is 1. The first-order valence-corrected chi connectivity index (χ1v) is 9.39. The summed E-state index contributed by atoms with van der Waals surface area (Å²) in [5.74, 6) is 0.551. The third-order valence-corrected chi connectivity index (χ3v) is 6.05. The van der Waals surface area contributed by atoms with Gasteiger partial charge in [-0.2, -0.15) is 5.10 Å². The molecule has 0 saturated heterocycles. The van der Waals surface area contributed by atoms with E-state index in [0.717, 1.165) is 22.2 Å². The molecule has 2 unspecified atom stereocenters. The summed E-state index contributed by atoms with van der Waals surface area (Å²) in [7, 11) is 0. The first-order valence-electron chi connectivity index (χ1n) is 9.01. The second-order valence-corrected chi connectivity index (χ2v) is 7.98. The van der Waals surface area contributed by atoms with Crippen molar-refractivity contribution in [2.24, 2.45) is 11.8 Å². The molecule has 2 fully saturated rings. The van der Waals surface area contributed by atoms with Crippen molar-refractivity contribution < 1.29 is 9.90 Å². The lowest BCUT2D eigenvalue weighted by molar-refractivity contribution is 0.0300. The molecule has 6 nitrogen and oxygen atoms in total. The van der Waals surface area contributed by atoms with Gasteiger partial charge in [0.15, 0.2) is 0 Å². The zero-order valence-electron chi connectivity index (χ0n) is 14.4. The van der Waals surface area contributed by atoms with Gasteiger partial charge in [0.05, 0.1) is 17.3 Å². The number of fused-ring (bicyclic) bond motifs is 2. The highest BCUT2D eigenvalue weighted by Crippen LogP contribution is 2.60. The lowest BCUT2D eigenvalue weighted by Crippen LogP contribution is -2.36. The Labute approximate surface area is 160 Å². The molecule has 0 aliphatic heterocycles. The molecule has 4 atom stereocenters. The molecule has 2 aliphatic carbocycles. The number of nitrogens with zero attached hydrogens (tertiary/aromatic N) is 1. The van der Waals surface area contributed by atoms with Crippen LogP contribution in [0.1, 0.15) is 18.4 Å². The number of amides is 2. The molecule has 0 spiro atoms. The topological polar surface area (TPSA) is 90.0 Å². The van der Waals surface area contributed by atoms with Crippen LogP contribution in [-0.4, -0.2) is 27.4 Å². The second kappa shape index (κ2) is 5.97. The van der Waals surface area contributed by atoms with Crippen LogP contribution in [0.3, 0.4) is 0 Å². The van der Waals surface area contributed by atoms with Gasteiger partial charge < -0.3 is 15.7 Å². The van der Waals surface area contributed by atoms with Crippen molar-refractivity contribution >= 4 is 34.2 Å². The zero-order valence-corrected chi connectivity index (χ0v) is 15.2. The number of aliphatic hydroxyl groups is 1. The summed E-state index contributed by atoms with van der Waals surface area (Å²) < 4.78 is 0. The third kappa shape index (κ3) is 2.85. The molecule has 3 aromatic rings. The van der Waals surface area contributed by atoms with Crippen molar-refractivity contribution in [2.75, 3.05) is 5.32 Å². The van der Waals surface area contributed by atoms with Crippen molar-refractivity contribution in [1.82, 2.24) is 15.5 Å². The Kier molecular flexibility index (Phi) is 3.67. The van der Waals surface area contributed by atoms with E-state index in [1.165, 1.54) is 0 Å². The van der Waals surface area contributed by atoms with E-state index in [4.69, 9.17) is 11.6 Å². The molecule has 5 rings (SSSR count). The van der Waals surface area contributed by atoms with Gasteiger partial charge >= 0.3 is 6.03 Å². The van der Waals surface area contributed by atoms with Gasteiger partial charge in [0.25, 0.3) is 0 Å². The van der Waals surface area contributed by atoms with Crippen LogP contribution in [0, 0.1) is 11.8 Å². The molecule has 4 N–H and O–H groups in total. The fourth-order valence-corrected chi connectivity index (χ4v) is 4.76. The lowest BCUT2D eigenvalue weighted by atomic mass is 9.86. The van der Waals surface area contributed by atoms with Crippen molar-refractivity contribution in [3.05, 3.63) is 59.2 Å². The predicted octanol–water partition coefficient (Wildman–Crippen LogP) is 3.63. The summed E-state index contributed by atoms with van der Waals surface area (Å²) in [6.07, 6.45) is 2.94. The van der Waals surface area contributed by atoms with E-state index in [0.29, 0.717) is 17.9 Å². The van der Waals surface area contributed by atoms with Crippen LogP contribution in [0.4, 0.5) is 10.5 Å². The summed E-state index contributed by atoms with van der Waals surface area (Å²) in [5.41, 5.74) is 1.47. The Balaban J connectivity index is 1.27. The number of aromatic nitrogens is 2. The number of hydrogen-bond donors (Lipinski definition) is 4. The number of carbonyl (C=O) groups is 1. The van der Waals surface area contributed by atoms with Gasteiger partial charge in [-0.05, 0) is 54.5 Å². The van der Waals surface area contributed by atoms with E-state index in [2.05, 4.69) is 20.8 Å². The number of benzene rings is 2. The molecule has 2 aliphatic rings. The van der Waals surface area contributed by atoms with Gasteiger partial charge in [-0.1, -0.05) is 29.8 Å². The summed E-state index contributed by atoms with van der Waals surface area (Å²) in [6, 6.07) is 12.9. The molecule has 27 heavy (non-hydrogen) atoms. The smallest absolute Gasteiger partial charge is 0.319 e. The number of halogens is 1. The molecule has 0 radical (unpaired) electrons.